The van der Waals surface area contributed by atoms with Gasteiger partial charge < -0.3 is 9.80 Å². The lowest BCUT2D eigenvalue weighted by atomic mass is 10.1. The largest absolute Gasteiger partial charge is 0.335 e. The first-order valence-corrected chi connectivity index (χ1v) is 11.6. The van der Waals surface area contributed by atoms with Crippen molar-refractivity contribution in [3.63, 3.8) is 0 Å². The van der Waals surface area contributed by atoms with E-state index in [2.05, 4.69) is 4.98 Å². The van der Waals surface area contributed by atoms with Crippen molar-refractivity contribution in [3.05, 3.63) is 94.1 Å². The Labute approximate surface area is 199 Å². The molecule has 2 heterocycles. The second kappa shape index (κ2) is 10.3. The number of rotatable bonds is 5. The Kier molecular flexibility index (Phi) is 7.25. The maximum absolute atomic E-state index is 14.1. The van der Waals surface area contributed by atoms with E-state index in [1.165, 1.54) is 47.0 Å². The van der Waals surface area contributed by atoms with Crippen LogP contribution in [0.4, 0.5) is 8.78 Å². The van der Waals surface area contributed by atoms with Crippen LogP contribution in [0.25, 0.3) is 0 Å². The summed E-state index contributed by atoms with van der Waals surface area (Å²) in [5.41, 5.74) is 1.32. The zero-order valence-corrected chi connectivity index (χ0v) is 19.1. The molecule has 0 bridgehead atoms. The van der Waals surface area contributed by atoms with Gasteiger partial charge in [-0.25, -0.2) is 13.8 Å². The number of hydrogen-bond donors (Lipinski definition) is 0. The van der Waals surface area contributed by atoms with Crippen molar-refractivity contribution in [2.75, 3.05) is 26.2 Å². The second-order valence-corrected chi connectivity index (χ2v) is 8.88. The van der Waals surface area contributed by atoms with Crippen LogP contribution in [0.1, 0.15) is 26.3 Å². The van der Waals surface area contributed by atoms with Gasteiger partial charge in [-0.1, -0.05) is 23.7 Å². The van der Waals surface area contributed by atoms with Gasteiger partial charge in [-0.3, -0.25) is 9.59 Å². The van der Waals surface area contributed by atoms with Crippen LogP contribution in [-0.4, -0.2) is 52.8 Å². The Morgan fingerprint density at radius 3 is 2.21 bits per heavy atom. The van der Waals surface area contributed by atoms with Gasteiger partial charge in [0.1, 0.15) is 16.7 Å². The number of benzene rings is 2. The normalized spacial score (nSPS) is 13.8. The molecule has 1 aliphatic rings. The smallest absolute Gasteiger partial charge is 0.257 e. The molecule has 1 fully saturated rings. The molecule has 2 aromatic carbocycles. The van der Waals surface area contributed by atoms with E-state index in [1.54, 1.807) is 35.4 Å². The van der Waals surface area contributed by atoms with Crippen molar-refractivity contribution in [1.82, 2.24) is 14.8 Å². The molecule has 0 saturated carbocycles. The van der Waals surface area contributed by atoms with Crippen LogP contribution in [0, 0.1) is 11.6 Å². The van der Waals surface area contributed by atoms with Crippen LogP contribution in [0.2, 0.25) is 5.02 Å². The Balaban J connectivity index is 1.40. The number of halogens is 3. The van der Waals surface area contributed by atoms with Gasteiger partial charge in [-0.15, -0.1) is 11.8 Å². The Bertz CT molecular complexity index is 1170. The van der Waals surface area contributed by atoms with Crippen LogP contribution in [0.3, 0.4) is 0 Å². The zero-order valence-electron chi connectivity index (χ0n) is 17.5. The van der Waals surface area contributed by atoms with Gasteiger partial charge in [0.25, 0.3) is 11.8 Å². The number of nitrogens with zero attached hydrogens (tertiary/aromatic N) is 3. The number of aromatic nitrogens is 1. The molecule has 1 aromatic heterocycles. The number of piperazine rings is 1. The number of hydrogen-bond acceptors (Lipinski definition) is 4. The molecular weight excluding hydrogens is 468 g/mol. The van der Waals surface area contributed by atoms with Gasteiger partial charge in [0.2, 0.25) is 0 Å². The van der Waals surface area contributed by atoms with E-state index >= 15 is 0 Å². The monoisotopic (exact) mass is 487 g/mol. The van der Waals surface area contributed by atoms with E-state index < -0.39 is 11.7 Å². The molecule has 1 saturated heterocycles. The van der Waals surface area contributed by atoms with Gasteiger partial charge in [0.05, 0.1) is 11.1 Å². The van der Waals surface area contributed by atoms with E-state index in [0.29, 0.717) is 29.4 Å². The lowest BCUT2D eigenvalue weighted by Crippen LogP contribution is -2.50. The molecule has 5 nitrogen and oxygen atoms in total. The fourth-order valence-corrected chi connectivity index (χ4v) is 4.63. The van der Waals surface area contributed by atoms with E-state index in [4.69, 9.17) is 11.6 Å². The zero-order chi connectivity index (χ0) is 23.4. The lowest BCUT2D eigenvalue weighted by molar-refractivity contribution is 0.0530. The van der Waals surface area contributed by atoms with Gasteiger partial charge in [-0.2, -0.15) is 0 Å². The number of carbonyl (C=O) groups is 2. The molecule has 0 spiro atoms. The molecule has 0 aliphatic carbocycles. The van der Waals surface area contributed by atoms with Crippen LogP contribution in [0.5, 0.6) is 0 Å². The van der Waals surface area contributed by atoms with Crippen molar-refractivity contribution in [2.24, 2.45) is 0 Å². The molecule has 33 heavy (non-hydrogen) atoms. The molecule has 0 unspecified atom stereocenters. The minimum Gasteiger partial charge on any atom is -0.335 e. The van der Waals surface area contributed by atoms with Gasteiger partial charge >= 0.3 is 0 Å². The first-order chi connectivity index (χ1) is 15.9. The van der Waals surface area contributed by atoms with Gasteiger partial charge in [0, 0.05) is 43.2 Å². The average Bonchev–Trinajstić information content (AvgIpc) is 2.84. The topological polar surface area (TPSA) is 53.5 Å². The number of thioether (sulfide) groups is 1. The summed E-state index contributed by atoms with van der Waals surface area (Å²) in [7, 11) is 0. The molecular formula is C24H20ClF2N3O2S. The first-order valence-electron chi connectivity index (χ1n) is 10.3. The predicted molar refractivity (Wildman–Crippen MR) is 123 cm³/mol. The van der Waals surface area contributed by atoms with Gasteiger partial charge in [-0.05, 0) is 48.0 Å². The third-order valence-corrected chi connectivity index (χ3v) is 6.61. The molecule has 4 rings (SSSR count). The highest BCUT2D eigenvalue weighted by Crippen LogP contribution is 2.26. The van der Waals surface area contributed by atoms with Crippen molar-refractivity contribution >= 4 is 35.2 Å². The highest BCUT2D eigenvalue weighted by atomic mass is 35.5. The molecule has 1 aliphatic heterocycles. The lowest BCUT2D eigenvalue weighted by Gasteiger charge is -2.35. The Morgan fingerprint density at radius 1 is 0.909 bits per heavy atom. The number of carbonyl (C=O) groups excluding carboxylic acids is 2. The summed E-state index contributed by atoms with van der Waals surface area (Å²) in [4.78, 5) is 33.4. The standard InChI is InChI=1S/C24H20ClF2N3O2S/c25-17-5-8-21(27)20(14-17)24(32)30-12-10-29(11-13-30)23(31)19-2-1-9-28-22(19)33-15-16-3-6-18(26)7-4-16/h1-9,14H,10-13,15H2. The SMILES string of the molecule is O=C(c1cc(Cl)ccc1F)N1CCN(C(=O)c2cccnc2SCc2ccc(F)cc2)CC1. The summed E-state index contributed by atoms with van der Waals surface area (Å²) < 4.78 is 27.2. The maximum Gasteiger partial charge on any atom is 0.257 e. The molecule has 9 heteroatoms. The van der Waals surface area contributed by atoms with Crippen LogP contribution in [-0.2, 0) is 5.75 Å². The predicted octanol–water partition coefficient (Wildman–Crippen LogP) is 4.90. The van der Waals surface area contributed by atoms with Crippen molar-refractivity contribution in [3.8, 4) is 0 Å². The Hall–Kier alpha value is -2.97. The summed E-state index contributed by atoms with van der Waals surface area (Å²) in [6, 6.07) is 13.5. The van der Waals surface area contributed by atoms with Crippen LogP contribution >= 0.6 is 23.4 Å². The summed E-state index contributed by atoms with van der Waals surface area (Å²) in [6.07, 6.45) is 1.62. The quantitative estimate of drug-likeness (QED) is 0.480. The number of pyridine rings is 1. The van der Waals surface area contributed by atoms with Crippen molar-refractivity contribution in [2.45, 2.75) is 10.8 Å². The summed E-state index contributed by atoms with van der Waals surface area (Å²) in [5.74, 6) is -0.996. The number of amides is 2. The van der Waals surface area contributed by atoms with Crippen LogP contribution in [0.15, 0.2) is 65.8 Å². The molecule has 170 valence electrons. The fraction of sp³-hybridized carbons (Fsp3) is 0.208. The highest BCUT2D eigenvalue weighted by molar-refractivity contribution is 7.98. The van der Waals surface area contributed by atoms with E-state index in [1.807, 2.05) is 0 Å². The third kappa shape index (κ3) is 5.51. The average molecular weight is 488 g/mol. The molecule has 0 N–H and O–H groups in total. The molecule has 2 amide bonds. The first kappa shape index (κ1) is 23.2. The highest BCUT2D eigenvalue weighted by Gasteiger charge is 2.28. The van der Waals surface area contributed by atoms with Crippen LogP contribution < -0.4 is 0 Å². The summed E-state index contributed by atoms with van der Waals surface area (Å²) >= 11 is 7.31. The second-order valence-electron chi connectivity index (χ2n) is 7.48. The third-order valence-electron chi connectivity index (χ3n) is 5.30. The molecule has 0 radical (unpaired) electrons. The summed E-state index contributed by atoms with van der Waals surface area (Å²) in [6.45, 7) is 1.22. The molecule has 3 aromatic rings. The maximum atomic E-state index is 14.1. The summed E-state index contributed by atoms with van der Waals surface area (Å²) in [5, 5.41) is 0.877. The Morgan fingerprint density at radius 2 is 1.55 bits per heavy atom. The van der Waals surface area contributed by atoms with E-state index in [0.717, 1.165) is 5.56 Å². The van der Waals surface area contributed by atoms with E-state index in [-0.39, 0.29) is 35.4 Å². The fourth-order valence-electron chi connectivity index (χ4n) is 3.52. The van der Waals surface area contributed by atoms with Crippen molar-refractivity contribution < 1.29 is 18.4 Å². The van der Waals surface area contributed by atoms with Crippen molar-refractivity contribution in [1.29, 1.82) is 0 Å². The van der Waals surface area contributed by atoms with E-state index in [9.17, 15) is 18.4 Å². The minimum absolute atomic E-state index is 0.0750. The van der Waals surface area contributed by atoms with Gasteiger partial charge in [0.15, 0.2) is 0 Å². The molecule has 0 atom stereocenters. The minimum atomic E-state index is -0.624.